The third-order valence-electron chi connectivity index (χ3n) is 4.52. The Bertz CT molecular complexity index is 891. The number of halogens is 1. The zero-order valence-corrected chi connectivity index (χ0v) is 16.5. The molecular weight excluding hydrogens is 382 g/mol. The van der Waals surface area contributed by atoms with Gasteiger partial charge >= 0.3 is 5.97 Å². The van der Waals surface area contributed by atoms with Crippen molar-refractivity contribution < 1.29 is 14.3 Å². The molecule has 1 fully saturated rings. The number of esters is 1. The Balaban J connectivity index is 0.00000210. The van der Waals surface area contributed by atoms with E-state index in [4.69, 9.17) is 9.47 Å². The van der Waals surface area contributed by atoms with Crippen LogP contribution in [-0.4, -0.2) is 25.2 Å². The second kappa shape index (κ2) is 9.22. The van der Waals surface area contributed by atoms with Gasteiger partial charge in [-0.05, 0) is 49.7 Å². The van der Waals surface area contributed by atoms with Gasteiger partial charge in [-0.15, -0.1) is 23.7 Å². The lowest BCUT2D eigenvalue weighted by molar-refractivity contribution is 0.0478. The van der Waals surface area contributed by atoms with Gasteiger partial charge in [0, 0.05) is 10.1 Å². The Kier molecular flexibility index (Phi) is 6.72. The van der Waals surface area contributed by atoms with Crippen molar-refractivity contribution in [1.29, 1.82) is 0 Å². The van der Waals surface area contributed by atoms with Crippen molar-refractivity contribution >= 4 is 39.8 Å². The Morgan fingerprint density at radius 1 is 1.07 bits per heavy atom. The number of ether oxygens (including phenoxy) is 2. The van der Waals surface area contributed by atoms with Gasteiger partial charge in [-0.1, -0.05) is 36.4 Å². The van der Waals surface area contributed by atoms with Crippen molar-refractivity contribution in [2.45, 2.75) is 25.6 Å². The van der Waals surface area contributed by atoms with Gasteiger partial charge in [0.2, 0.25) is 0 Å². The van der Waals surface area contributed by atoms with E-state index >= 15 is 0 Å². The van der Waals surface area contributed by atoms with E-state index in [-0.39, 0.29) is 31.1 Å². The maximum atomic E-state index is 12.4. The molecule has 27 heavy (non-hydrogen) atoms. The van der Waals surface area contributed by atoms with Crippen LogP contribution in [-0.2, 0) is 11.3 Å². The van der Waals surface area contributed by atoms with Crippen LogP contribution in [0.15, 0.2) is 54.6 Å². The van der Waals surface area contributed by atoms with Crippen molar-refractivity contribution in [3.8, 4) is 5.75 Å². The minimum absolute atomic E-state index is 0. The first kappa shape index (κ1) is 19.7. The Morgan fingerprint density at radius 3 is 2.63 bits per heavy atom. The molecule has 0 spiro atoms. The van der Waals surface area contributed by atoms with Crippen LogP contribution in [0.3, 0.4) is 0 Å². The fourth-order valence-corrected chi connectivity index (χ4v) is 4.10. The lowest BCUT2D eigenvalue weighted by atomic mass is 10.1. The van der Waals surface area contributed by atoms with Crippen molar-refractivity contribution in [3.05, 3.63) is 65.0 Å². The number of carbonyl (C=O) groups excluding carboxylic acids is 1. The van der Waals surface area contributed by atoms with Crippen LogP contribution in [0.25, 0.3) is 10.1 Å². The smallest absolute Gasteiger partial charge is 0.348 e. The average Bonchev–Trinajstić information content (AvgIpc) is 3.13. The van der Waals surface area contributed by atoms with E-state index in [9.17, 15) is 4.79 Å². The van der Waals surface area contributed by atoms with Crippen LogP contribution in [0.2, 0.25) is 0 Å². The van der Waals surface area contributed by atoms with Gasteiger partial charge in [0.25, 0.3) is 0 Å². The molecule has 0 radical (unpaired) electrons. The molecule has 142 valence electrons. The largest absolute Gasteiger partial charge is 0.490 e. The number of hydrogen-bond donors (Lipinski definition) is 1. The molecule has 1 aliphatic heterocycles. The zero-order chi connectivity index (χ0) is 17.8. The molecule has 1 aliphatic rings. The van der Waals surface area contributed by atoms with Crippen molar-refractivity contribution in [1.82, 2.24) is 5.32 Å². The highest BCUT2D eigenvalue weighted by atomic mass is 35.5. The number of carbonyl (C=O) groups is 1. The number of rotatable bonds is 5. The highest BCUT2D eigenvalue weighted by Gasteiger charge is 2.18. The summed E-state index contributed by atoms with van der Waals surface area (Å²) >= 11 is 1.45. The van der Waals surface area contributed by atoms with E-state index in [0.29, 0.717) is 4.88 Å². The van der Waals surface area contributed by atoms with E-state index in [1.165, 1.54) is 11.3 Å². The monoisotopic (exact) mass is 403 g/mol. The van der Waals surface area contributed by atoms with Crippen LogP contribution in [0.5, 0.6) is 5.75 Å². The SMILES string of the molecule is Cl.O=C(OCc1ccccc1)c1cc2c(OC3CCNCC3)cccc2s1. The van der Waals surface area contributed by atoms with Gasteiger partial charge in [-0.25, -0.2) is 4.79 Å². The highest BCUT2D eigenvalue weighted by Crippen LogP contribution is 2.34. The van der Waals surface area contributed by atoms with Crippen LogP contribution in [0.1, 0.15) is 28.1 Å². The van der Waals surface area contributed by atoms with Crippen LogP contribution in [0.4, 0.5) is 0 Å². The second-order valence-electron chi connectivity index (χ2n) is 6.41. The van der Waals surface area contributed by atoms with E-state index in [2.05, 4.69) is 5.32 Å². The quantitative estimate of drug-likeness (QED) is 0.621. The normalized spacial score (nSPS) is 14.5. The fraction of sp³-hybridized carbons (Fsp3) is 0.286. The topological polar surface area (TPSA) is 47.6 Å². The van der Waals surface area contributed by atoms with Gasteiger partial charge in [0.1, 0.15) is 23.3 Å². The minimum atomic E-state index is -0.289. The van der Waals surface area contributed by atoms with Gasteiger partial charge in [0.15, 0.2) is 0 Å². The minimum Gasteiger partial charge on any atom is -0.490 e. The summed E-state index contributed by atoms with van der Waals surface area (Å²) in [5.41, 5.74) is 0.983. The van der Waals surface area contributed by atoms with Crippen LogP contribution in [0, 0.1) is 0 Å². The lowest BCUT2D eigenvalue weighted by Crippen LogP contribution is -2.34. The van der Waals surface area contributed by atoms with Gasteiger partial charge in [-0.2, -0.15) is 0 Å². The first-order valence-electron chi connectivity index (χ1n) is 8.90. The van der Waals surface area contributed by atoms with Gasteiger partial charge in [-0.3, -0.25) is 0 Å². The number of fused-ring (bicyclic) bond motifs is 1. The molecule has 2 aromatic carbocycles. The maximum absolute atomic E-state index is 12.4. The molecule has 0 unspecified atom stereocenters. The van der Waals surface area contributed by atoms with Gasteiger partial charge < -0.3 is 14.8 Å². The summed E-state index contributed by atoms with van der Waals surface area (Å²) in [5.74, 6) is 0.565. The number of piperidine rings is 1. The predicted octanol–water partition coefficient (Wildman–Crippen LogP) is 4.81. The Morgan fingerprint density at radius 2 is 1.85 bits per heavy atom. The van der Waals surface area contributed by atoms with Crippen LogP contribution < -0.4 is 10.1 Å². The number of nitrogens with one attached hydrogen (secondary N) is 1. The Labute approximate surface area is 168 Å². The number of benzene rings is 2. The van der Waals surface area contributed by atoms with E-state index in [1.54, 1.807) is 0 Å². The molecule has 2 heterocycles. The molecule has 0 aliphatic carbocycles. The summed E-state index contributed by atoms with van der Waals surface area (Å²) in [6.07, 6.45) is 2.24. The summed E-state index contributed by atoms with van der Waals surface area (Å²) in [7, 11) is 0. The predicted molar refractivity (Wildman–Crippen MR) is 111 cm³/mol. The summed E-state index contributed by atoms with van der Waals surface area (Å²) in [4.78, 5) is 13.0. The summed E-state index contributed by atoms with van der Waals surface area (Å²) in [5, 5.41) is 4.33. The number of hydrogen-bond acceptors (Lipinski definition) is 5. The van der Waals surface area contributed by atoms with E-state index in [1.807, 2.05) is 54.6 Å². The Hall–Kier alpha value is -2.08. The zero-order valence-electron chi connectivity index (χ0n) is 14.9. The highest BCUT2D eigenvalue weighted by molar-refractivity contribution is 7.20. The molecule has 4 nitrogen and oxygen atoms in total. The van der Waals surface area contributed by atoms with Gasteiger partial charge in [0.05, 0.1) is 0 Å². The van der Waals surface area contributed by atoms with Crippen molar-refractivity contribution in [3.63, 3.8) is 0 Å². The molecule has 0 atom stereocenters. The molecule has 4 rings (SSSR count). The average molecular weight is 404 g/mol. The molecule has 1 aromatic heterocycles. The molecule has 1 saturated heterocycles. The second-order valence-corrected chi connectivity index (χ2v) is 7.49. The number of thiophene rings is 1. The maximum Gasteiger partial charge on any atom is 0.348 e. The first-order chi connectivity index (χ1) is 12.8. The summed E-state index contributed by atoms with van der Waals surface area (Å²) < 4.78 is 12.7. The fourth-order valence-electron chi connectivity index (χ4n) is 3.12. The molecule has 6 heteroatoms. The molecule has 0 saturated carbocycles. The molecule has 3 aromatic rings. The van der Waals surface area contributed by atoms with Crippen LogP contribution >= 0.6 is 23.7 Å². The molecule has 1 N–H and O–H groups in total. The lowest BCUT2D eigenvalue weighted by Gasteiger charge is -2.24. The van der Waals surface area contributed by atoms with Crippen molar-refractivity contribution in [2.24, 2.45) is 0 Å². The molecule has 0 bridgehead atoms. The third kappa shape index (κ3) is 4.80. The standard InChI is InChI=1S/C21H21NO3S.ClH/c23-21(24-14-15-5-2-1-3-6-15)20-13-17-18(7-4-8-19(17)26-20)25-16-9-11-22-12-10-16;/h1-8,13,16,22H,9-12,14H2;1H. The summed E-state index contributed by atoms with van der Waals surface area (Å²) in [6.45, 7) is 2.26. The van der Waals surface area contributed by atoms with E-state index in [0.717, 1.165) is 47.3 Å². The first-order valence-corrected chi connectivity index (χ1v) is 9.72. The van der Waals surface area contributed by atoms with Crippen molar-refractivity contribution in [2.75, 3.05) is 13.1 Å². The van der Waals surface area contributed by atoms with E-state index < -0.39 is 0 Å². The molecule has 0 amide bonds. The summed E-state index contributed by atoms with van der Waals surface area (Å²) in [6, 6.07) is 17.6. The third-order valence-corrected chi connectivity index (χ3v) is 5.60. The molecular formula is C21H22ClNO3S.